The Morgan fingerprint density at radius 3 is 2.31 bits per heavy atom. The molecule has 6 heteroatoms. The maximum atomic E-state index is 11.4. The zero-order chi connectivity index (χ0) is 12.1. The van der Waals surface area contributed by atoms with Gasteiger partial charge < -0.3 is 20.8 Å². The zero-order valence-electron chi connectivity index (χ0n) is 9.27. The van der Waals surface area contributed by atoms with Gasteiger partial charge in [0, 0.05) is 6.04 Å². The molecule has 0 saturated heterocycles. The van der Waals surface area contributed by atoms with Crippen LogP contribution in [0.5, 0.6) is 0 Å². The van der Waals surface area contributed by atoms with Gasteiger partial charge >= 0.3 is 12.0 Å². The largest absolute Gasteiger partial charge is 0.480 e. The average molecular weight is 230 g/mol. The molecule has 0 aromatic heterocycles. The van der Waals surface area contributed by atoms with Gasteiger partial charge in [-0.2, -0.15) is 0 Å². The first kappa shape index (κ1) is 12.8. The lowest BCUT2D eigenvalue weighted by atomic mass is 10.2. The van der Waals surface area contributed by atoms with Crippen LogP contribution in [0.1, 0.15) is 32.6 Å². The molecule has 0 aromatic carbocycles. The van der Waals surface area contributed by atoms with E-state index in [1.165, 1.54) is 6.92 Å². The van der Waals surface area contributed by atoms with Gasteiger partial charge in [0.1, 0.15) is 0 Å². The van der Waals surface area contributed by atoms with Crippen molar-refractivity contribution in [3.63, 3.8) is 0 Å². The number of hydrogen-bond acceptors (Lipinski definition) is 3. The number of hydrogen-bond donors (Lipinski definition) is 4. The number of aliphatic hydroxyl groups is 1. The molecule has 2 amide bonds. The molecule has 1 aliphatic rings. The predicted octanol–water partition coefficient (Wildman–Crippen LogP) is 0.0622. The van der Waals surface area contributed by atoms with E-state index in [1.54, 1.807) is 0 Å². The Kier molecular flexibility index (Phi) is 4.54. The van der Waals surface area contributed by atoms with Crippen molar-refractivity contribution in [2.24, 2.45) is 0 Å². The highest BCUT2D eigenvalue weighted by molar-refractivity contribution is 5.83. The Morgan fingerprint density at radius 1 is 1.31 bits per heavy atom. The summed E-state index contributed by atoms with van der Waals surface area (Å²) >= 11 is 0. The minimum atomic E-state index is -1.26. The summed E-state index contributed by atoms with van der Waals surface area (Å²) in [6, 6.07) is -1.66. The molecular weight excluding hydrogens is 212 g/mol. The molecular formula is C10H18N2O4. The number of carbonyl (C=O) groups excluding carboxylic acids is 1. The molecule has 16 heavy (non-hydrogen) atoms. The first-order valence-electron chi connectivity index (χ1n) is 5.48. The van der Waals surface area contributed by atoms with Crippen LogP contribution in [-0.4, -0.2) is 40.4 Å². The summed E-state index contributed by atoms with van der Waals surface area (Å²) < 4.78 is 0. The van der Waals surface area contributed by atoms with Gasteiger partial charge in [0.15, 0.2) is 6.04 Å². The number of aliphatic hydroxyl groups excluding tert-OH is 1. The zero-order valence-corrected chi connectivity index (χ0v) is 9.27. The second kappa shape index (κ2) is 5.69. The summed E-state index contributed by atoms with van der Waals surface area (Å²) in [4.78, 5) is 22.1. The van der Waals surface area contributed by atoms with Crippen LogP contribution in [0, 0.1) is 0 Å². The fourth-order valence-corrected chi connectivity index (χ4v) is 1.83. The van der Waals surface area contributed by atoms with E-state index in [4.69, 9.17) is 10.2 Å². The number of amides is 2. The van der Waals surface area contributed by atoms with Crippen molar-refractivity contribution in [3.8, 4) is 0 Å². The van der Waals surface area contributed by atoms with Crippen molar-refractivity contribution in [2.45, 2.75) is 50.8 Å². The molecule has 4 N–H and O–H groups in total. The van der Waals surface area contributed by atoms with Crippen molar-refractivity contribution in [1.82, 2.24) is 10.6 Å². The van der Waals surface area contributed by atoms with Crippen molar-refractivity contribution in [3.05, 3.63) is 0 Å². The van der Waals surface area contributed by atoms with Crippen molar-refractivity contribution >= 4 is 12.0 Å². The predicted molar refractivity (Wildman–Crippen MR) is 57.0 cm³/mol. The van der Waals surface area contributed by atoms with Crippen molar-refractivity contribution in [1.29, 1.82) is 0 Å². The van der Waals surface area contributed by atoms with Crippen LogP contribution < -0.4 is 10.6 Å². The van der Waals surface area contributed by atoms with Crippen LogP contribution in [0.25, 0.3) is 0 Å². The number of carbonyl (C=O) groups is 2. The van der Waals surface area contributed by atoms with Crippen LogP contribution in [0.4, 0.5) is 4.79 Å². The van der Waals surface area contributed by atoms with Gasteiger partial charge in [0.2, 0.25) is 0 Å². The topological polar surface area (TPSA) is 98.7 Å². The molecule has 0 radical (unpaired) electrons. The van der Waals surface area contributed by atoms with E-state index >= 15 is 0 Å². The molecule has 1 aliphatic carbocycles. The van der Waals surface area contributed by atoms with E-state index in [1.807, 2.05) is 0 Å². The Bertz CT molecular complexity index is 262. The van der Waals surface area contributed by atoms with E-state index in [0.29, 0.717) is 0 Å². The highest BCUT2D eigenvalue weighted by Gasteiger charge is 2.26. The van der Waals surface area contributed by atoms with Crippen LogP contribution in [0.2, 0.25) is 0 Å². The monoisotopic (exact) mass is 230 g/mol. The summed E-state index contributed by atoms with van der Waals surface area (Å²) in [5.41, 5.74) is 0. The maximum absolute atomic E-state index is 11.4. The molecule has 0 heterocycles. The molecule has 92 valence electrons. The number of carboxylic acids is 1. The number of nitrogens with one attached hydrogen (secondary N) is 2. The smallest absolute Gasteiger partial charge is 0.328 e. The van der Waals surface area contributed by atoms with E-state index in [2.05, 4.69) is 10.6 Å². The lowest BCUT2D eigenvalue weighted by Crippen LogP contribution is -2.52. The Labute approximate surface area is 94.0 Å². The minimum absolute atomic E-state index is 0.128. The van der Waals surface area contributed by atoms with Crippen molar-refractivity contribution in [2.75, 3.05) is 0 Å². The summed E-state index contributed by atoms with van der Waals surface area (Å²) in [5, 5.41) is 22.9. The molecule has 0 unspecified atom stereocenters. The third-order valence-electron chi connectivity index (χ3n) is 2.73. The molecule has 1 rings (SSSR count). The number of urea groups is 1. The Hall–Kier alpha value is -1.30. The van der Waals surface area contributed by atoms with Gasteiger partial charge in [-0.3, -0.25) is 0 Å². The summed E-state index contributed by atoms with van der Waals surface area (Å²) in [6.07, 6.45) is 2.92. The fourth-order valence-electron chi connectivity index (χ4n) is 1.83. The lowest BCUT2D eigenvalue weighted by Gasteiger charge is -2.19. The molecule has 2 atom stereocenters. The first-order chi connectivity index (χ1) is 7.50. The number of aliphatic carboxylic acids is 1. The molecule has 0 aliphatic heterocycles. The van der Waals surface area contributed by atoms with Gasteiger partial charge in [0.05, 0.1) is 6.10 Å². The standard InChI is InChI=1S/C10H18N2O4/c1-6(13)8(9(14)15)12-10(16)11-7-4-2-3-5-7/h6-8,13H,2-5H2,1H3,(H,14,15)(H2,11,12,16)/t6-,8+/m1/s1. The summed E-state index contributed by atoms with van der Waals surface area (Å²) in [5.74, 6) is -1.24. The molecule has 1 fully saturated rings. The normalized spacial score (nSPS) is 20.1. The van der Waals surface area contributed by atoms with Crippen LogP contribution in [-0.2, 0) is 4.79 Å². The molecule has 6 nitrogen and oxygen atoms in total. The van der Waals surface area contributed by atoms with Gasteiger partial charge in [-0.15, -0.1) is 0 Å². The van der Waals surface area contributed by atoms with E-state index in [0.717, 1.165) is 25.7 Å². The van der Waals surface area contributed by atoms with Gasteiger partial charge in [-0.1, -0.05) is 12.8 Å². The highest BCUT2D eigenvalue weighted by Crippen LogP contribution is 2.17. The van der Waals surface area contributed by atoms with E-state index in [9.17, 15) is 9.59 Å². The minimum Gasteiger partial charge on any atom is -0.480 e. The highest BCUT2D eigenvalue weighted by atomic mass is 16.4. The molecule has 1 saturated carbocycles. The summed E-state index contributed by atoms with van der Waals surface area (Å²) in [7, 11) is 0. The number of rotatable bonds is 4. The third kappa shape index (κ3) is 3.69. The number of carboxylic acid groups (broad SMARTS) is 1. The third-order valence-corrected chi connectivity index (χ3v) is 2.73. The molecule has 0 spiro atoms. The Morgan fingerprint density at radius 2 is 1.88 bits per heavy atom. The average Bonchev–Trinajstić information content (AvgIpc) is 2.65. The molecule has 0 aromatic rings. The van der Waals surface area contributed by atoms with E-state index < -0.39 is 24.1 Å². The lowest BCUT2D eigenvalue weighted by molar-refractivity contribution is -0.141. The first-order valence-corrected chi connectivity index (χ1v) is 5.48. The molecule has 0 bridgehead atoms. The van der Waals surface area contributed by atoms with Gasteiger partial charge in [-0.05, 0) is 19.8 Å². The van der Waals surface area contributed by atoms with Crippen LogP contribution in [0.15, 0.2) is 0 Å². The van der Waals surface area contributed by atoms with Crippen LogP contribution in [0.3, 0.4) is 0 Å². The SMILES string of the molecule is C[C@@H](O)[C@H](NC(=O)NC1CCCC1)C(=O)O. The quantitative estimate of drug-likeness (QED) is 0.549. The Balaban J connectivity index is 2.38. The van der Waals surface area contributed by atoms with E-state index in [-0.39, 0.29) is 6.04 Å². The van der Waals surface area contributed by atoms with Gasteiger partial charge in [0.25, 0.3) is 0 Å². The van der Waals surface area contributed by atoms with Gasteiger partial charge in [-0.25, -0.2) is 9.59 Å². The van der Waals surface area contributed by atoms with Crippen molar-refractivity contribution < 1.29 is 19.8 Å². The second-order valence-corrected chi connectivity index (χ2v) is 4.16. The van der Waals surface area contributed by atoms with Crippen LogP contribution >= 0.6 is 0 Å². The maximum Gasteiger partial charge on any atom is 0.328 e. The second-order valence-electron chi connectivity index (χ2n) is 4.16. The fraction of sp³-hybridized carbons (Fsp3) is 0.800. The summed E-state index contributed by atoms with van der Waals surface area (Å²) in [6.45, 7) is 1.33.